The van der Waals surface area contributed by atoms with E-state index in [4.69, 9.17) is 11.1 Å². The van der Waals surface area contributed by atoms with Crippen molar-refractivity contribution in [2.45, 2.75) is 6.42 Å². The fourth-order valence-corrected chi connectivity index (χ4v) is 2.54. The molecule has 0 spiro atoms. The summed E-state index contributed by atoms with van der Waals surface area (Å²) in [6.45, 7) is 0. The molecule has 23 heavy (non-hydrogen) atoms. The smallest absolute Gasteiger partial charge is 0.125 e. The van der Waals surface area contributed by atoms with Gasteiger partial charge in [-0.25, -0.2) is 9.97 Å². The first-order valence-electron chi connectivity index (χ1n) is 7.01. The van der Waals surface area contributed by atoms with Gasteiger partial charge in [0.05, 0.1) is 28.5 Å². The Kier molecular flexibility index (Phi) is 2.80. The van der Waals surface area contributed by atoms with E-state index in [1.54, 1.807) is 24.3 Å². The van der Waals surface area contributed by atoms with Crippen LogP contribution in [0.4, 0.5) is 0 Å². The minimum atomic E-state index is 0.0183. The number of amidine groups is 1. The number of nitrogens with two attached hydrogens (primary N) is 1. The molecule has 0 aliphatic heterocycles. The zero-order chi connectivity index (χ0) is 16.0. The van der Waals surface area contributed by atoms with Gasteiger partial charge in [-0.3, -0.25) is 5.41 Å². The number of benzene rings is 2. The second-order valence-electron chi connectivity index (χ2n) is 5.31. The van der Waals surface area contributed by atoms with Crippen molar-refractivity contribution in [3.05, 3.63) is 53.6 Å². The Morgan fingerprint density at radius 1 is 1.13 bits per heavy atom. The van der Waals surface area contributed by atoms with Crippen molar-refractivity contribution in [2.24, 2.45) is 5.73 Å². The van der Waals surface area contributed by atoms with E-state index in [1.165, 1.54) is 0 Å². The Balaban J connectivity index is 1.69. The standard InChI is InChI=1S/C16H13N6O/c17-16(18)8-1-3-10-12(5-8)21-14(19-10)7-15-20-11-4-2-9(23)6-13(11)22-15/h1,3-6,23H,7H2,(H3,17,18)(H,19,21)(H,20,22). The quantitative estimate of drug-likeness (QED) is 0.292. The van der Waals surface area contributed by atoms with Gasteiger partial charge in [0.2, 0.25) is 0 Å². The zero-order valence-corrected chi connectivity index (χ0v) is 12.0. The molecule has 4 aromatic rings. The second kappa shape index (κ2) is 4.84. The third kappa shape index (κ3) is 2.38. The van der Waals surface area contributed by atoms with Crippen LogP contribution >= 0.6 is 0 Å². The normalized spacial score (nSPS) is 11.3. The lowest BCUT2D eigenvalue weighted by Gasteiger charge is -1.95. The first-order valence-corrected chi connectivity index (χ1v) is 7.01. The number of hydrogen-bond acceptors (Lipinski definition) is 4. The van der Waals surface area contributed by atoms with Crippen LogP contribution in [0.2, 0.25) is 0 Å². The number of aromatic amines is 2. The molecular formula is C16H13N6O. The highest BCUT2D eigenvalue weighted by Gasteiger charge is 2.09. The molecule has 0 unspecified atom stereocenters. The summed E-state index contributed by atoms with van der Waals surface area (Å²) in [6.07, 6.45) is 0.500. The van der Waals surface area contributed by atoms with Crippen molar-refractivity contribution in [1.82, 2.24) is 19.9 Å². The number of nitrogens with one attached hydrogen (secondary N) is 3. The summed E-state index contributed by atoms with van der Waals surface area (Å²) in [5.41, 5.74) is 9.28. The van der Waals surface area contributed by atoms with Crippen molar-refractivity contribution < 1.29 is 5.11 Å². The second-order valence-corrected chi connectivity index (χ2v) is 5.31. The molecule has 0 saturated carbocycles. The summed E-state index contributed by atoms with van der Waals surface area (Å²) >= 11 is 0. The maximum absolute atomic E-state index is 9.44. The van der Waals surface area contributed by atoms with Gasteiger partial charge in [-0.1, -0.05) is 0 Å². The maximum atomic E-state index is 9.44. The number of fused-ring (bicyclic) bond motifs is 2. The molecular weight excluding hydrogens is 292 g/mol. The Labute approximate surface area is 130 Å². The minimum absolute atomic E-state index is 0.0183. The SMILES string of the molecule is N=C(N)c1ccc2[nH]c(Cc3nc4cc(O)[c]cc4[nH]3)nc2c1. The number of imidazole rings is 2. The average molecular weight is 305 g/mol. The van der Waals surface area contributed by atoms with Crippen LogP contribution in [0.25, 0.3) is 22.1 Å². The maximum Gasteiger partial charge on any atom is 0.125 e. The first kappa shape index (κ1) is 13.3. The predicted octanol–water partition coefficient (Wildman–Crippen LogP) is 1.82. The Hall–Kier alpha value is -3.35. The van der Waals surface area contributed by atoms with Crippen LogP contribution in [0.5, 0.6) is 5.75 Å². The minimum Gasteiger partial charge on any atom is -0.507 e. The van der Waals surface area contributed by atoms with E-state index in [0.717, 1.165) is 28.2 Å². The van der Waals surface area contributed by atoms with E-state index in [-0.39, 0.29) is 11.6 Å². The fourth-order valence-electron chi connectivity index (χ4n) is 2.54. The predicted molar refractivity (Wildman–Crippen MR) is 86.5 cm³/mol. The van der Waals surface area contributed by atoms with Crippen LogP contribution in [0, 0.1) is 11.5 Å². The molecule has 113 valence electrons. The summed E-state index contributed by atoms with van der Waals surface area (Å²) in [7, 11) is 0. The molecule has 1 radical (unpaired) electrons. The molecule has 2 aromatic heterocycles. The van der Waals surface area contributed by atoms with Crippen LogP contribution in [0.1, 0.15) is 17.2 Å². The molecule has 0 amide bonds. The van der Waals surface area contributed by atoms with E-state index >= 15 is 0 Å². The molecule has 0 bridgehead atoms. The first-order chi connectivity index (χ1) is 11.1. The summed E-state index contributed by atoms with van der Waals surface area (Å²) in [5, 5.41) is 16.9. The van der Waals surface area contributed by atoms with Gasteiger partial charge in [0, 0.05) is 17.7 Å². The lowest BCUT2D eigenvalue weighted by Crippen LogP contribution is -2.10. The number of aromatic hydroxyl groups is 1. The molecule has 4 rings (SSSR count). The van der Waals surface area contributed by atoms with Gasteiger partial charge in [0.1, 0.15) is 23.2 Å². The number of nitrogens with zero attached hydrogens (tertiary/aromatic N) is 2. The topological polar surface area (TPSA) is 127 Å². The van der Waals surface area contributed by atoms with Gasteiger partial charge in [0.25, 0.3) is 0 Å². The number of H-pyrrole nitrogens is 2. The Morgan fingerprint density at radius 2 is 1.83 bits per heavy atom. The monoisotopic (exact) mass is 305 g/mol. The summed E-state index contributed by atoms with van der Waals surface area (Å²) in [6, 6.07) is 11.4. The number of phenols is 1. The molecule has 0 saturated heterocycles. The molecule has 7 nitrogen and oxygen atoms in total. The average Bonchev–Trinajstić information content (AvgIpc) is 3.08. The van der Waals surface area contributed by atoms with E-state index in [1.807, 2.05) is 6.07 Å². The van der Waals surface area contributed by atoms with E-state index in [2.05, 4.69) is 26.0 Å². The van der Waals surface area contributed by atoms with E-state index in [0.29, 0.717) is 17.5 Å². The van der Waals surface area contributed by atoms with Crippen molar-refractivity contribution >= 4 is 27.9 Å². The van der Waals surface area contributed by atoms with Crippen LogP contribution in [-0.2, 0) is 6.42 Å². The van der Waals surface area contributed by atoms with Gasteiger partial charge in [-0.05, 0) is 24.3 Å². The highest BCUT2D eigenvalue weighted by atomic mass is 16.3. The fraction of sp³-hybridized carbons (Fsp3) is 0.0625. The third-order valence-electron chi connectivity index (χ3n) is 3.63. The number of hydrogen-bond donors (Lipinski definition) is 5. The summed E-state index contributed by atoms with van der Waals surface area (Å²) in [5.74, 6) is 1.58. The molecule has 0 atom stereocenters. The number of nitrogen functional groups attached to an aromatic ring is 1. The Morgan fingerprint density at radius 3 is 2.57 bits per heavy atom. The molecule has 2 heterocycles. The van der Waals surface area contributed by atoms with E-state index < -0.39 is 0 Å². The molecule has 7 heteroatoms. The highest BCUT2D eigenvalue weighted by Crippen LogP contribution is 2.19. The largest absolute Gasteiger partial charge is 0.507 e. The van der Waals surface area contributed by atoms with Crippen LogP contribution in [0.15, 0.2) is 30.3 Å². The van der Waals surface area contributed by atoms with Crippen molar-refractivity contribution in [3.63, 3.8) is 0 Å². The van der Waals surface area contributed by atoms with E-state index in [9.17, 15) is 5.11 Å². The summed E-state index contributed by atoms with van der Waals surface area (Å²) < 4.78 is 0. The van der Waals surface area contributed by atoms with Gasteiger partial charge >= 0.3 is 0 Å². The highest BCUT2D eigenvalue weighted by molar-refractivity contribution is 5.97. The van der Waals surface area contributed by atoms with Crippen molar-refractivity contribution in [1.29, 1.82) is 5.41 Å². The number of phenolic OH excluding ortho intramolecular Hbond substituents is 1. The van der Waals surface area contributed by atoms with Crippen LogP contribution < -0.4 is 5.73 Å². The van der Waals surface area contributed by atoms with Gasteiger partial charge in [-0.15, -0.1) is 0 Å². The number of aromatic nitrogens is 4. The van der Waals surface area contributed by atoms with Crippen LogP contribution in [0.3, 0.4) is 0 Å². The zero-order valence-electron chi connectivity index (χ0n) is 12.0. The van der Waals surface area contributed by atoms with Crippen molar-refractivity contribution in [2.75, 3.05) is 0 Å². The lowest BCUT2D eigenvalue weighted by molar-refractivity contribution is 0.475. The lowest BCUT2D eigenvalue weighted by atomic mass is 10.2. The van der Waals surface area contributed by atoms with Gasteiger partial charge in [-0.2, -0.15) is 0 Å². The van der Waals surface area contributed by atoms with Crippen LogP contribution in [-0.4, -0.2) is 30.9 Å². The molecule has 0 aliphatic rings. The third-order valence-corrected chi connectivity index (χ3v) is 3.63. The summed E-state index contributed by atoms with van der Waals surface area (Å²) in [4.78, 5) is 15.4. The molecule has 2 aromatic carbocycles. The van der Waals surface area contributed by atoms with Gasteiger partial charge in [0.15, 0.2) is 0 Å². The Bertz CT molecular complexity index is 1050. The number of rotatable bonds is 3. The molecule has 0 aliphatic carbocycles. The molecule has 6 N–H and O–H groups in total. The van der Waals surface area contributed by atoms with Gasteiger partial charge < -0.3 is 20.8 Å². The molecule has 0 fully saturated rings. The van der Waals surface area contributed by atoms with Crippen molar-refractivity contribution in [3.8, 4) is 5.75 Å².